The molecule has 1 aromatic heterocycles. The number of aromatic nitrogens is 2. The second kappa shape index (κ2) is 5.92. The summed E-state index contributed by atoms with van der Waals surface area (Å²) >= 11 is 0. The molecule has 0 aromatic carbocycles. The highest BCUT2D eigenvalue weighted by molar-refractivity contribution is 7.89. The van der Waals surface area contributed by atoms with Crippen LogP contribution in [-0.4, -0.2) is 73.6 Å². The predicted molar refractivity (Wildman–Crippen MR) is 82.2 cm³/mol. The molecule has 7 nitrogen and oxygen atoms in total. The number of rotatable bonds is 5. The lowest BCUT2D eigenvalue weighted by atomic mass is 10.2. The molecule has 0 bridgehead atoms. The van der Waals surface area contributed by atoms with Crippen LogP contribution in [-0.2, 0) is 27.7 Å². The number of imidazole rings is 1. The lowest BCUT2D eigenvalue weighted by molar-refractivity contribution is 0.111. The molecule has 0 unspecified atom stereocenters. The van der Waals surface area contributed by atoms with E-state index in [1.165, 1.54) is 10.5 Å². The van der Waals surface area contributed by atoms with Crippen LogP contribution in [0.2, 0.25) is 0 Å². The van der Waals surface area contributed by atoms with Gasteiger partial charge in [0.15, 0.2) is 5.03 Å². The van der Waals surface area contributed by atoms with Crippen LogP contribution in [0.4, 0.5) is 0 Å². The fraction of sp³-hybridized carbons (Fsp3) is 0.786. The molecule has 0 radical (unpaired) electrons. The van der Waals surface area contributed by atoms with E-state index in [0.717, 1.165) is 38.2 Å². The summed E-state index contributed by atoms with van der Waals surface area (Å²) in [4.78, 5) is 6.41. The molecule has 124 valence electrons. The molecule has 0 amide bonds. The van der Waals surface area contributed by atoms with Gasteiger partial charge in [0.25, 0.3) is 10.0 Å². The SMILES string of the molecule is CO[C@H]1C[C@@H](CN(C)S(=O)(=O)c2cnc3n2CCC3)N(C)C1. The number of ether oxygens (including phenoxy) is 1. The van der Waals surface area contributed by atoms with Gasteiger partial charge in [-0.2, -0.15) is 4.31 Å². The number of fused-ring (bicyclic) bond motifs is 1. The minimum atomic E-state index is -3.49. The van der Waals surface area contributed by atoms with Crippen molar-refractivity contribution in [3.05, 3.63) is 12.0 Å². The number of nitrogens with zero attached hydrogens (tertiary/aromatic N) is 4. The zero-order valence-corrected chi connectivity index (χ0v) is 14.2. The molecule has 2 aliphatic rings. The zero-order chi connectivity index (χ0) is 15.9. The van der Waals surface area contributed by atoms with E-state index in [1.807, 2.05) is 11.6 Å². The summed E-state index contributed by atoms with van der Waals surface area (Å²) in [6.07, 6.45) is 4.37. The van der Waals surface area contributed by atoms with Crippen molar-refractivity contribution in [3.8, 4) is 0 Å². The van der Waals surface area contributed by atoms with E-state index in [-0.39, 0.29) is 12.1 Å². The summed E-state index contributed by atoms with van der Waals surface area (Å²) in [5.74, 6) is 0.879. The summed E-state index contributed by atoms with van der Waals surface area (Å²) in [5.41, 5.74) is 0. The van der Waals surface area contributed by atoms with Gasteiger partial charge in [0, 0.05) is 46.3 Å². The highest BCUT2D eigenvalue weighted by Crippen LogP contribution is 2.24. The summed E-state index contributed by atoms with van der Waals surface area (Å²) in [6.45, 7) is 2.06. The van der Waals surface area contributed by atoms with Crippen molar-refractivity contribution in [2.75, 3.05) is 34.3 Å². The Hall–Kier alpha value is -0.960. The summed E-state index contributed by atoms with van der Waals surface area (Å²) in [7, 11) is 1.88. The van der Waals surface area contributed by atoms with Gasteiger partial charge in [-0.1, -0.05) is 0 Å². The fourth-order valence-electron chi connectivity index (χ4n) is 3.40. The van der Waals surface area contributed by atoms with E-state index in [9.17, 15) is 8.42 Å². The van der Waals surface area contributed by atoms with Gasteiger partial charge in [-0.05, 0) is 19.9 Å². The van der Waals surface area contributed by atoms with Crippen LogP contribution < -0.4 is 0 Å². The first-order valence-corrected chi connectivity index (χ1v) is 9.11. The Morgan fingerprint density at radius 2 is 2.27 bits per heavy atom. The maximum atomic E-state index is 12.8. The normalized spacial score (nSPS) is 26.0. The third-order valence-corrected chi connectivity index (χ3v) is 6.63. The van der Waals surface area contributed by atoms with Gasteiger partial charge in [-0.3, -0.25) is 4.90 Å². The van der Waals surface area contributed by atoms with Gasteiger partial charge in [-0.25, -0.2) is 13.4 Å². The highest BCUT2D eigenvalue weighted by atomic mass is 32.2. The molecule has 2 atom stereocenters. The Morgan fingerprint density at radius 3 is 2.95 bits per heavy atom. The number of likely N-dealkylation sites (tertiary alicyclic amines) is 1. The van der Waals surface area contributed by atoms with E-state index >= 15 is 0 Å². The van der Waals surface area contributed by atoms with Crippen LogP contribution in [0.1, 0.15) is 18.7 Å². The first-order chi connectivity index (χ1) is 10.4. The molecule has 0 saturated carbocycles. The lowest BCUT2D eigenvalue weighted by Crippen LogP contribution is -2.40. The molecule has 1 saturated heterocycles. The lowest BCUT2D eigenvalue weighted by Gasteiger charge is -2.25. The topological polar surface area (TPSA) is 67.7 Å². The van der Waals surface area contributed by atoms with E-state index < -0.39 is 10.0 Å². The van der Waals surface area contributed by atoms with Crippen molar-refractivity contribution in [2.45, 2.75) is 43.0 Å². The average Bonchev–Trinajstić information content (AvgIpc) is 3.14. The quantitative estimate of drug-likeness (QED) is 0.771. The smallest absolute Gasteiger partial charge is 0.260 e. The standard InChI is InChI=1S/C14H24N4O3S/c1-16-10-12(21-3)7-11(16)9-17(2)22(19,20)14-8-15-13-5-4-6-18(13)14/h8,11-12H,4-7,9-10H2,1-3H3/t11-,12-/m0/s1. The van der Waals surface area contributed by atoms with E-state index in [4.69, 9.17) is 4.74 Å². The zero-order valence-electron chi connectivity index (χ0n) is 13.4. The van der Waals surface area contributed by atoms with Crippen LogP contribution in [0, 0.1) is 0 Å². The Balaban J connectivity index is 1.75. The van der Waals surface area contributed by atoms with Crippen LogP contribution in [0.3, 0.4) is 0 Å². The Morgan fingerprint density at radius 1 is 1.50 bits per heavy atom. The van der Waals surface area contributed by atoms with Crippen LogP contribution in [0.5, 0.6) is 0 Å². The molecular weight excluding hydrogens is 304 g/mol. The van der Waals surface area contributed by atoms with Crippen molar-refractivity contribution in [3.63, 3.8) is 0 Å². The number of aryl methyl sites for hydroxylation is 1. The third kappa shape index (κ3) is 2.68. The van der Waals surface area contributed by atoms with Gasteiger partial charge in [0.2, 0.25) is 0 Å². The average molecular weight is 328 g/mol. The molecule has 0 aliphatic carbocycles. The maximum Gasteiger partial charge on any atom is 0.260 e. The van der Waals surface area contributed by atoms with Gasteiger partial charge < -0.3 is 9.30 Å². The van der Waals surface area contributed by atoms with Gasteiger partial charge in [0.1, 0.15) is 5.82 Å². The van der Waals surface area contributed by atoms with Crippen LogP contribution in [0.15, 0.2) is 11.2 Å². The summed E-state index contributed by atoms with van der Waals surface area (Å²) in [6, 6.07) is 0.186. The largest absolute Gasteiger partial charge is 0.380 e. The Kier molecular flexibility index (Phi) is 4.28. The summed E-state index contributed by atoms with van der Waals surface area (Å²) in [5, 5.41) is 0.325. The first-order valence-electron chi connectivity index (χ1n) is 7.67. The molecule has 22 heavy (non-hydrogen) atoms. The molecule has 3 rings (SSSR count). The van der Waals surface area contributed by atoms with Gasteiger partial charge in [-0.15, -0.1) is 0 Å². The van der Waals surface area contributed by atoms with Crippen LogP contribution >= 0.6 is 0 Å². The van der Waals surface area contributed by atoms with E-state index in [0.29, 0.717) is 11.6 Å². The first kappa shape index (κ1) is 15.9. The molecule has 8 heteroatoms. The van der Waals surface area contributed by atoms with Crippen molar-refractivity contribution >= 4 is 10.0 Å². The van der Waals surface area contributed by atoms with Crippen LogP contribution in [0.25, 0.3) is 0 Å². The molecule has 1 aromatic rings. The Labute approximate surface area is 131 Å². The number of likely N-dealkylation sites (N-methyl/N-ethyl adjacent to an activating group) is 2. The number of sulfonamides is 1. The van der Waals surface area contributed by atoms with Crippen molar-refractivity contribution in [1.29, 1.82) is 0 Å². The number of hydrogen-bond donors (Lipinski definition) is 0. The highest BCUT2D eigenvalue weighted by Gasteiger charge is 2.34. The van der Waals surface area contributed by atoms with Gasteiger partial charge >= 0.3 is 0 Å². The van der Waals surface area contributed by atoms with Gasteiger partial charge in [0.05, 0.1) is 12.3 Å². The fourth-order valence-corrected chi connectivity index (χ4v) is 4.75. The summed E-state index contributed by atoms with van der Waals surface area (Å²) < 4.78 is 34.3. The minimum Gasteiger partial charge on any atom is -0.380 e. The van der Waals surface area contributed by atoms with Crippen molar-refractivity contribution < 1.29 is 13.2 Å². The second-order valence-electron chi connectivity index (χ2n) is 6.24. The number of hydrogen-bond acceptors (Lipinski definition) is 5. The van der Waals surface area contributed by atoms with Crippen molar-refractivity contribution in [2.24, 2.45) is 0 Å². The Bertz CT molecular complexity index is 643. The maximum absolute atomic E-state index is 12.8. The molecule has 2 aliphatic heterocycles. The molecular formula is C14H24N4O3S. The third-order valence-electron chi connectivity index (χ3n) is 4.81. The predicted octanol–water partition coefficient (Wildman–Crippen LogP) is 0.169. The molecule has 0 N–H and O–H groups in total. The number of methoxy groups -OCH3 is 1. The molecule has 0 spiro atoms. The van der Waals surface area contributed by atoms with E-state index in [2.05, 4.69) is 9.88 Å². The molecule has 3 heterocycles. The monoisotopic (exact) mass is 328 g/mol. The molecule has 1 fully saturated rings. The van der Waals surface area contributed by atoms with E-state index in [1.54, 1.807) is 14.2 Å². The minimum absolute atomic E-state index is 0.185. The van der Waals surface area contributed by atoms with Crippen molar-refractivity contribution in [1.82, 2.24) is 18.8 Å². The second-order valence-corrected chi connectivity index (χ2v) is 8.23.